The molecule has 0 spiro atoms. The van der Waals surface area contributed by atoms with Gasteiger partial charge in [0.05, 0.1) is 6.61 Å². The molecule has 0 aromatic rings. The van der Waals surface area contributed by atoms with Crippen LogP contribution in [-0.2, 0) is 0 Å². The van der Waals surface area contributed by atoms with E-state index in [1.54, 1.807) is 0 Å². The zero-order chi connectivity index (χ0) is 8.72. The molecule has 2 nitrogen and oxygen atoms in total. The Hall–Kier alpha value is -0.220. The number of aliphatic hydroxyl groups excluding tert-OH is 1. The Morgan fingerprint density at radius 1 is 1.42 bits per heavy atom. The summed E-state index contributed by atoms with van der Waals surface area (Å²) in [4.78, 5) is 0. The number of piperidine rings is 1. The Balaban J connectivity index is 2.04. The second-order valence-corrected chi connectivity index (χ2v) is 3.79. The minimum atomic E-state index is -2.21. The van der Waals surface area contributed by atoms with Crippen LogP contribution in [0.1, 0.15) is 12.8 Å². The van der Waals surface area contributed by atoms with Crippen LogP contribution < -0.4 is 5.32 Å². The number of alkyl halides is 2. The van der Waals surface area contributed by atoms with Crippen molar-refractivity contribution in [3.63, 3.8) is 0 Å². The van der Waals surface area contributed by atoms with E-state index in [1.807, 2.05) is 0 Å². The quantitative estimate of drug-likeness (QED) is 0.647. The van der Waals surface area contributed by atoms with Gasteiger partial charge in [-0.3, -0.25) is 0 Å². The van der Waals surface area contributed by atoms with Crippen LogP contribution in [0.4, 0.5) is 8.78 Å². The summed E-state index contributed by atoms with van der Waals surface area (Å²) in [5.41, 5.74) is 0. The monoisotopic (exact) mass is 177 g/mol. The first-order valence-electron chi connectivity index (χ1n) is 4.37. The fourth-order valence-corrected chi connectivity index (χ4v) is 2.61. The smallest absolute Gasteiger partial charge is 0.241 e. The molecule has 1 aliphatic heterocycles. The first-order chi connectivity index (χ1) is 5.72. The lowest BCUT2D eigenvalue weighted by atomic mass is 9.89. The van der Waals surface area contributed by atoms with Gasteiger partial charge in [-0.05, 0) is 18.8 Å². The summed E-state index contributed by atoms with van der Waals surface area (Å²) in [7, 11) is 0. The maximum Gasteiger partial charge on any atom is 0.241 e. The zero-order valence-electron chi connectivity index (χ0n) is 6.71. The molecule has 4 atom stereocenters. The van der Waals surface area contributed by atoms with Crippen LogP contribution in [0.5, 0.6) is 0 Å². The minimum Gasteiger partial charge on any atom is -0.395 e. The second-order valence-electron chi connectivity index (χ2n) is 3.79. The summed E-state index contributed by atoms with van der Waals surface area (Å²) in [6, 6.07) is 0.147. The van der Waals surface area contributed by atoms with Gasteiger partial charge in [0.15, 0.2) is 0 Å². The van der Waals surface area contributed by atoms with E-state index in [0.29, 0.717) is 6.42 Å². The summed E-state index contributed by atoms with van der Waals surface area (Å²) in [6.07, 6.45) is -0.810. The average Bonchev–Trinajstić information content (AvgIpc) is 2.60. The van der Waals surface area contributed by atoms with Gasteiger partial charge in [0.25, 0.3) is 0 Å². The van der Waals surface area contributed by atoms with Crippen LogP contribution in [0.2, 0.25) is 0 Å². The Kier molecular flexibility index (Phi) is 2.04. The van der Waals surface area contributed by atoms with Gasteiger partial charge in [-0.1, -0.05) is 0 Å². The van der Waals surface area contributed by atoms with Crippen molar-refractivity contribution in [3.8, 4) is 0 Å². The van der Waals surface area contributed by atoms with Crippen LogP contribution in [0, 0.1) is 11.8 Å². The van der Waals surface area contributed by atoms with Gasteiger partial charge in [0.2, 0.25) is 6.43 Å². The molecule has 0 aromatic carbocycles. The fourth-order valence-electron chi connectivity index (χ4n) is 2.61. The van der Waals surface area contributed by atoms with E-state index in [1.165, 1.54) is 0 Å². The van der Waals surface area contributed by atoms with Gasteiger partial charge < -0.3 is 10.4 Å². The van der Waals surface area contributed by atoms with E-state index in [0.717, 1.165) is 6.42 Å². The van der Waals surface area contributed by atoms with Crippen molar-refractivity contribution in [1.82, 2.24) is 5.32 Å². The third kappa shape index (κ3) is 1.13. The molecule has 1 saturated carbocycles. The standard InChI is InChI=1S/C8H13F2NO/c9-8(10)6-2-4-1-5(6)7(3-12)11-4/h4-8,11-12H,1-3H2. The summed E-state index contributed by atoms with van der Waals surface area (Å²) in [5.74, 6) is -0.478. The third-order valence-electron chi connectivity index (χ3n) is 3.15. The topological polar surface area (TPSA) is 32.3 Å². The maximum absolute atomic E-state index is 12.4. The van der Waals surface area contributed by atoms with E-state index in [-0.39, 0.29) is 24.6 Å². The van der Waals surface area contributed by atoms with Crippen molar-refractivity contribution in [2.45, 2.75) is 31.4 Å². The van der Waals surface area contributed by atoms with Gasteiger partial charge in [-0.25, -0.2) is 8.78 Å². The second kappa shape index (κ2) is 2.92. The largest absolute Gasteiger partial charge is 0.395 e. The van der Waals surface area contributed by atoms with Gasteiger partial charge in [0, 0.05) is 18.0 Å². The van der Waals surface area contributed by atoms with Crippen molar-refractivity contribution >= 4 is 0 Å². The van der Waals surface area contributed by atoms with Gasteiger partial charge >= 0.3 is 0 Å². The number of hydrogen-bond acceptors (Lipinski definition) is 2. The SMILES string of the molecule is OCC1NC2CC(C(F)F)C1C2. The Morgan fingerprint density at radius 3 is 2.67 bits per heavy atom. The molecule has 2 rings (SSSR count). The number of halogens is 2. The number of rotatable bonds is 2. The molecule has 70 valence electrons. The molecule has 4 unspecified atom stereocenters. The predicted octanol–water partition coefficient (Wildman–Crippen LogP) is 0.610. The molecule has 2 aliphatic rings. The normalized spacial score (nSPS) is 46.0. The highest BCUT2D eigenvalue weighted by Gasteiger charge is 2.48. The van der Waals surface area contributed by atoms with Crippen LogP contribution in [0.3, 0.4) is 0 Å². The molecule has 2 bridgehead atoms. The highest BCUT2D eigenvalue weighted by molar-refractivity contribution is 5.01. The van der Waals surface area contributed by atoms with Crippen molar-refractivity contribution in [3.05, 3.63) is 0 Å². The third-order valence-corrected chi connectivity index (χ3v) is 3.15. The highest BCUT2D eigenvalue weighted by atomic mass is 19.3. The number of fused-ring (bicyclic) bond motifs is 2. The summed E-state index contributed by atoms with van der Waals surface area (Å²) in [5, 5.41) is 12.0. The lowest BCUT2D eigenvalue weighted by Gasteiger charge is -2.28. The summed E-state index contributed by atoms with van der Waals surface area (Å²) in [6.45, 7) is -0.00954. The predicted molar refractivity (Wildman–Crippen MR) is 40.0 cm³/mol. The lowest BCUT2D eigenvalue weighted by molar-refractivity contribution is 0.0303. The zero-order valence-corrected chi connectivity index (χ0v) is 6.71. The van der Waals surface area contributed by atoms with Crippen molar-refractivity contribution in [1.29, 1.82) is 0 Å². The molecule has 0 radical (unpaired) electrons. The van der Waals surface area contributed by atoms with Crippen molar-refractivity contribution in [2.75, 3.05) is 6.61 Å². The molecule has 1 aliphatic carbocycles. The van der Waals surface area contributed by atoms with E-state index < -0.39 is 12.3 Å². The first kappa shape index (κ1) is 8.38. The molecule has 1 heterocycles. The van der Waals surface area contributed by atoms with E-state index in [9.17, 15) is 8.78 Å². The maximum atomic E-state index is 12.4. The van der Waals surface area contributed by atoms with E-state index in [2.05, 4.69) is 5.32 Å². The van der Waals surface area contributed by atoms with Crippen molar-refractivity contribution < 1.29 is 13.9 Å². The van der Waals surface area contributed by atoms with E-state index in [4.69, 9.17) is 5.11 Å². The van der Waals surface area contributed by atoms with Gasteiger partial charge in [-0.2, -0.15) is 0 Å². The number of nitrogens with one attached hydrogen (secondary N) is 1. The summed E-state index contributed by atoms with van der Waals surface area (Å²) >= 11 is 0. The molecule has 0 amide bonds. The molecule has 1 saturated heterocycles. The van der Waals surface area contributed by atoms with Crippen LogP contribution in [0.25, 0.3) is 0 Å². The Labute approximate surface area is 70.0 Å². The molecule has 0 aromatic heterocycles. The van der Waals surface area contributed by atoms with E-state index >= 15 is 0 Å². The molecule has 12 heavy (non-hydrogen) atoms. The molecular weight excluding hydrogens is 164 g/mol. The molecule has 2 N–H and O–H groups in total. The Morgan fingerprint density at radius 2 is 2.17 bits per heavy atom. The van der Waals surface area contributed by atoms with Crippen LogP contribution in [0.15, 0.2) is 0 Å². The van der Waals surface area contributed by atoms with Crippen LogP contribution in [-0.4, -0.2) is 30.2 Å². The Bertz CT molecular complexity index is 176. The first-order valence-corrected chi connectivity index (χ1v) is 4.37. The number of hydrogen-bond donors (Lipinski definition) is 2. The highest BCUT2D eigenvalue weighted by Crippen LogP contribution is 2.43. The molecule has 4 heteroatoms. The average molecular weight is 177 g/mol. The van der Waals surface area contributed by atoms with Crippen LogP contribution >= 0.6 is 0 Å². The van der Waals surface area contributed by atoms with Gasteiger partial charge in [0.1, 0.15) is 0 Å². The lowest BCUT2D eigenvalue weighted by Crippen LogP contribution is -2.43. The fraction of sp³-hybridized carbons (Fsp3) is 1.00. The molecular formula is C8H13F2NO. The van der Waals surface area contributed by atoms with Crippen molar-refractivity contribution in [2.24, 2.45) is 11.8 Å². The molecule has 2 fully saturated rings. The number of aliphatic hydroxyl groups is 1. The minimum absolute atomic E-state index is 0.000000000000000222. The summed E-state index contributed by atoms with van der Waals surface area (Å²) < 4.78 is 24.8. The van der Waals surface area contributed by atoms with Gasteiger partial charge in [-0.15, -0.1) is 0 Å².